The van der Waals surface area contributed by atoms with Crippen LogP contribution in [0.4, 0.5) is 5.69 Å². The smallest absolute Gasteiger partial charge is 0.142 e. The lowest BCUT2D eigenvalue weighted by Crippen LogP contribution is -2.38. The van der Waals surface area contributed by atoms with Crippen LogP contribution in [0.5, 0.6) is 0 Å². The zero-order valence-corrected chi connectivity index (χ0v) is 48.8. The fourth-order valence-corrected chi connectivity index (χ4v) is 9.54. The monoisotopic (exact) mass is 950 g/mol. The maximum Gasteiger partial charge on any atom is 0.142 e. The number of likely N-dealkylation sites (tertiary alicyclic amines) is 1. The Balaban J connectivity index is 0. The van der Waals surface area contributed by atoms with Crippen LogP contribution < -0.4 is 4.90 Å². The van der Waals surface area contributed by atoms with Crippen molar-refractivity contribution >= 4 is 29.8 Å². The van der Waals surface area contributed by atoms with E-state index in [9.17, 15) is 0 Å². The van der Waals surface area contributed by atoms with Crippen LogP contribution in [0.3, 0.4) is 0 Å². The molecule has 69 heavy (non-hydrogen) atoms. The molecular weight excluding hydrogens is 837 g/mol. The van der Waals surface area contributed by atoms with Crippen molar-refractivity contribution in [1.82, 2.24) is 4.90 Å². The molecule has 0 radical (unpaired) electrons. The first kappa shape index (κ1) is 67.3. The Morgan fingerprint density at radius 2 is 1.36 bits per heavy atom. The van der Waals surface area contributed by atoms with Crippen molar-refractivity contribution in [2.45, 2.75) is 188 Å². The summed E-state index contributed by atoms with van der Waals surface area (Å²) in [5.74, 6) is 4.49. The first-order valence-electron chi connectivity index (χ1n) is 28.1. The van der Waals surface area contributed by atoms with Crippen LogP contribution in [0.2, 0.25) is 0 Å². The molecule has 0 spiro atoms. The minimum Gasteiger partial charge on any atom is -0.372 e. The largest absolute Gasteiger partial charge is 0.372 e. The Morgan fingerprint density at radius 3 is 1.83 bits per heavy atom. The van der Waals surface area contributed by atoms with Gasteiger partial charge in [0.15, 0.2) is 0 Å². The molecule has 3 aliphatic heterocycles. The normalized spacial score (nSPS) is 16.1. The Hall–Kier alpha value is -3.76. The van der Waals surface area contributed by atoms with E-state index in [-0.39, 0.29) is 0 Å². The third-order valence-corrected chi connectivity index (χ3v) is 13.7. The van der Waals surface area contributed by atoms with E-state index in [0.717, 1.165) is 47.6 Å². The summed E-state index contributed by atoms with van der Waals surface area (Å²) in [6.07, 6.45) is 25.6. The van der Waals surface area contributed by atoms with Crippen molar-refractivity contribution in [3.63, 3.8) is 0 Å². The number of hydrogen-bond donors (Lipinski definition) is 0. The van der Waals surface area contributed by atoms with E-state index in [0.29, 0.717) is 5.92 Å². The fraction of sp³-hybridized carbons (Fsp3) is 0.631. The molecule has 0 saturated carbocycles. The Kier molecular flexibility index (Phi) is 40.9. The number of rotatable bonds is 16. The van der Waals surface area contributed by atoms with Gasteiger partial charge in [0, 0.05) is 44.9 Å². The highest BCUT2D eigenvalue weighted by atomic mass is 15.1. The first-order valence-corrected chi connectivity index (χ1v) is 28.1. The number of nitrogens with zero attached hydrogens (tertiary/aromatic N) is 4. The quantitative estimate of drug-likeness (QED) is 0.0724. The minimum absolute atomic E-state index is 0.646. The number of piperidine rings is 3. The van der Waals surface area contributed by atoms with Gasteiger partial charge < -0.3 is 9.80 Å². The standard InChI is InChI=1S/C27H46N2.C22H29N.C7H14N.C3H6.3C2H6/c1-5-23(6-2)20-25-11-16-28(17-12-25)15-10-24-13-18-29(19-14-24)27-9-8-22(4)26(7-3)21-27;1-8-10-20(15-23-7)19-11-12-22(18(6)14-19)21(9-2)17(5)13-16(3)4;1-7-3-5-8(2)6-4-7;1-3-2;3*1-2/h8-9,21,23-25H,5-7,10-20H2,1-4H3;8-12,14-16H,1-2,13H2,3-7H3;7H,2-6H2,1H3;3H,1H2,2H3;3*1-2H3/q;;+1;;;;/b;20-10+,21-17+,23-15?;;;;;. The average molecular weight is 951 g/mol. The summed E-state index contributed by atoms with van der Waals surface area (Å²) in [5.41, 5.74) is 11.8. The van der Waals surface area contributed by atoms with Gasteiger partial charge in [-0.2, -0.15) is 0 Å². The number of benzene rings is 2. The molecule has 0 atom stereocenters. The summed E-state index contributed by atoms with van der Waals surface area (Å²) >= 11 is 0. The summed E-state index contributed by atoms with van der Waals surface area (Å²) in [5, 5.41) is 0. The molecule has 3 fully saturated rings. The van der Waals surface area contributed by atoms with Crippen molar-refractivity contribution in [1.29, 1.82) is 0 Å². The molecular formula is C65H113N4+. The molecule has 0 aliphatic carbocycles. The van der Waals surface area contributed by atoms with Gasteiger partial charge in [0.2, 0.25) is 0 Å². The highest BCUT2D eigenvalue weighted by molar-refractivity contribution is 6.10. The van der Waals surface area contributed by atoms with Gasteiger partial charge in [-0.1, -0.05) is 163 Å². The van der Waals surface area contributed by atoms with Gasteiger partial charge in [-0.25, -0.2) is 4.58 Å². The fourth-order valence-electron chi connectivity index (χ4n) is 9.54. The SMILES string of the molecule is C=C/C=C(\C=NC)c1ccc(/C(C=C)=C(\C)CC(C)C)c(C)c1.C=CC.C=[N+]1CCC(C)CC1.CC.CC.CC.CCc1cc(N2CCC(CCN3CCC(CC(CC)CC)CC3)CC2)ccc1C. The van der Waals surface area contributed by atoms with Crippen LogP contribution in [0.25, 0.3) is 11.1 Å². The lowest BCUT2D eigenvalue weighted by molar-refractivity contribution is -0.532. The van der Waals surface area contributed by atoms with Crippen molar-refractivity contribution < 1.29 is 4.58 Å². The van der Waals surface area contributed by atoms with Crippen molar-refractivity contribution in [3.05, 3.63) is 114 Å². The lowest BCUT2D eigenvalue weighted by Gasteiger charge is -2.37. The summed E-state index contributed by atoms with van der Waals surface area (Å²) in [6, 6.07) is 13.6. The molecule has 4 nitrogen and oxygen atoms in total. The zero-order chi connectivity index (χ0) is 52.7. The molecule has 4 heteroatoms. The highest BCUT2D eigenvalue weighted by Gasteiger charge is 2.24. The Labute approximate surface area is 431 Å². The van der Waals surface area contributed by atoms with Crippen LogP contribution in [-0.4, -0.2) is 75.3 Å². The maximum atomic E-state index is 4.13. The maximum absolute atomic E-state index is 4.13. The summed E-state index contributed by atoms with van der Waals surface area (Å²) in [4.78, 5) is 9.52. The van der Waals surface area contributed by atoms with Gasteiger partial charge >= 0.3 is 0 Å². The molecule has 0 unspecified atom stereocenters. The average Bonchev–Trinajstić information content (AvgIpc) is 3.37. The molecule has 3 aliphatic rings. The molecule has 0 amide bonds. The molecule has 0 N–H and O–H groups in total. The molecule has 3 saturated heterocycles. The number of aryl methyl sites for hydroxylation is 3. The zero-order valence-electron chi connectivity index (χ0n) is 48.8. The minimum atomic E-state index is 0.646. The van der Waals surface area contributed by atoms with Gasteiger partial charge in [-0.15, -0.1) is 6.58 Å². The summed E-state index contributed by atoms with van der Waals surface area (Å²) in [6.45, 7) is 58.3. The van der Waals surface area contributed by atoms with E-state index >= 15 is 0 Å². The molecule has 2 aromatic carbocycles. The number of hydrogen-bond acceptors (Lipinski definition) is 3. The molecule has 5 rings (SSSR count). The topological polar surface area (TPSA) is 21.9 Å². The van der Waals surface area contributed by atoms with Crippen molar-refractivity contribution in [3.8, 4) is 0 Å². The second kappa shape index (κ2) is 42.0. The van der Waals surface area contributed by atoms with Crippen LogP contribution >= 0.6 is 0 Å². The van der Waals surface area contributed by atoms with Crippen LogP contribution in [0, 0.1) is 43.4 Å². The third-order valence-electron chi connectivity index (χ3n) is 13.7. The summed E-state index contributed by atoms with van der Waals surface area (Å²) < 4.78 is 2.15. The van der Waals surface area contributed by atoms with Gasteiger partial charge in [0.25, 0.3) is 0 Å². The van der Waals surface area contributed by atoms with Crippen LogP contribution in [0.15, 0.2) is 91.0 Å². The van der Waals surface area contributed by atoms with Crippen molar-refractivity contribution in [2.75, 3.05) is 57.8 Å². The van der Waals surface area contributed by atoms with Crippen LogP contribution in [0.1, 0.15) is 195 Å². The number of allylic oxidation sites excluding steroid dienone is 7. The predicted molar refractivity (Wildman–Crippen MR) is 319 cm³/mol. The van der Waals surface area contributed by atoms with E-state index in [4.69, 9.17) is 0 Å². The molecule has 0 aromatic heterocycles. The molecule has 0 bridgehead atoms. The Morgan fingerprint density at radius 1 is 0.797 bits per heavy atom. The van der Waals surface area contributed by atoms with Gasteiger partial charge in [0.1, 0.15) is 19.8 Å². The van der Waals surface area contributed by atoms with Crippen LogP contribution in [-0.2, 0) is 6.42 Å². The van der Waals surface area contributed by atoms with Gasteiger partial charge in [-0.3, -0.25) is 4.99 Å². The lowest BCUT2D eigenvalue weighted by atomic mass is 9.84. The third kappa shape index (κ3) is 27.4. The van der Waals surface area contributed by atoms with Gasteiger partial charge in [-0.05, 0) is 179 Å². The highest BCUT2D eigenvalue weighted by Crippen LogP contribution is 2.31. The second-order valence-electron chi connectivity index (χ2n) is 19.4. The number of aliphatic imine (C=N–C) groups is 1. The summed E-state index contributed by atoms with van der Waals surface area (Å²) in [7, 11) is 1.78. The molecule has 2 aromatic rings. The number of anilines is 1. The predicted octanol–water partition coefficient (Wildman–Crippen LogP) is 18.4. The molecule has 3 heterocycles. The van der Waals surface area contributed by atoms with E-state index in [1.807, 2.05) is 66.8 Å². The Bertz CT molecular complexity index is 1730. The van der Waals surface area contributed by atoms with Gasteiger partial charge in [0.05, 0.1) is 0 Å². The molecule has 392 valence electrons. The second-order valence-corrected chi connectivity index (χ2v) is 19.4. The van der Waals surface area contributed by atoms with Crippen molar-refractivity contribution in [2.24, 2.45) is 34.6 Å². The van der Waals surface area contributed by atoms with E-state index in [1.54, 1.807) is 19.2 Å². The van der Waals surface area contributed by atoms with E-state index in [2.05, 4.69) is 145 Å². The van der Waals surface area contributed by atoms with E-state index in [1.165, 1.54) is 149 Å². The van der Waals surface area contributed by atoms with E-state index < -0.39 is 0 Å². The first-order chi connectivity index (χ1) is 33.3.